The molecular weight excluding hydrogens is 337 g/mol. The molecule has 2 nitrogen and oxygen atoms in total. The van der Waals surface area contributed by atoms with Crippen molar-refractivity contribution in [3.05, 3.63) is 70.5 Å². The van der Waals surface area contributed by atoms with Gasteiger partial charge in [0.25, 0.3) is 0 Å². The second kappa shape index (κ2) is 8.30. The van der Waals surface area contributed by atoms with E-state index in [2.05, 4.69) is 29.3 Å². The molecule has 0 unspecified atom stereocenters. The summed E-state index contributed by atoms with van der Waals surface area (Å²) in [5.74, 6) is -2.51. The van der Waals surface area contributed by atoms with Crippen LogP contribution in [0.2, 0.25) is 0 Å². The Morgan fingerprint density at radius 1 is 0.808 bits per heavy atom. The van der Waals surface area contributed by atoms with Gasteiger partial charge < -0.3 is 0 Å². The number of hydrogen-bond acceptors (Lipinski definition) is 2. The van der Waals surface area contributed by atoms with Crippen molar-refractivity contribution >= 4 is 12.4 Å². The van der Waals surface area contributed by atoms with Crippen LogP contribution in [0.15, 0.2) is 46.6 Å². The van der Waals surface area contributed by atoms with Crippen molar-refractivity contribution in [3.8, 4) is 0 Å². The van der Waals surface area contributed by atoms with Gasteiger partial charge in [-0.05, 0) is 47.9 Å². The van der Waals surface area contributed by atoms with E-state index in [1.54, 1.807) is 6.21 Å². The third kappa shape index (κ3) is 4.59. The fraction of sp³-hybridized carbons (Fsp3) is 0.333. The lowest BCUT2D eigenvalue weighted by atomic mass is 9.79. The highest BCUT2D eigenvalue weighted by molar-refractivity contribution is 5.82. The van der Waals surface area contributed by atoms with Crippen LogP contribution in [0.3, 0.4) is 0 Å². The summed E-state index contributed by atoms with van der Waals surface area (Å²) < 4.78 is 39.1. The predicted molar refractivity (Wildman–Crippen MR) is 98.3 cm³/mol. The van der Waals surface area contributed by atoms with E-state index in [4.69, 9.17) is 0 Å². The molecule has 0 heterocycles. The van der Waals surface area contributed by atoms with Crippen LogP contribution in [-0.4, -0.2) is 12.4 Å². The first-order valence-electron chi connectivity index (χ1n) is 8.84. The summed E-state index contributed by atoms with van der Waals surface area (Å²) in [5, 5.41) is 7.63. The number of hydrogen-bond donors (Lipinski definition) is 0. The number of benzene rings is 2. The molecule has 5 heteroatoms. The van der Waals surface area contributed by atoms with Gasteiger partial charge in [-0.15, -0.1) is 0 Å². The molecule has 2 aromatic carbocycles. The lowest BCUT2D eigenvalue weighted by Crippen LogP contribution is -2.10. The number of nitrogens with zero attached hydrogens (tertiary/aromatic N) is 2. The molecule has 3 rings (SSSR count). The van der Waals surface area contributed by atoms with Crippen LogP contribution >= 0.6 is 0 Å². The molecule has 0 spiro atoms. The first kappa shape index (κ1) is 18.4. The molecule has 0 aliphatic heterocycles. The second-order valence-electron chi connectivity index (χ2n) is 6.91. The van der Waals surface area contributed by atoms with Crippen LogP contribution in [-0.2, 0) is 0 Å². The number of halogens is 3. The summed E-state index contributed by atoms with van der Waals surface area (Å²) in [6.07, 6.45) is 7.80. The lowest BCUT2D eigenvalue weighted by molar-refractivity contribution is 0.348. The van der Waals surface area contributed by atoms with Crippen LogP contribution in [0, 0.1) is 23.4 Å². The molecule has 0 radical (unpaired) electrons. The Balaban J connectivity index is 1.60. The molecule has 26 heavy (non-hydrogen) atoms. The summed E-state index contributed by atoms with van der Waals surface area (Å²) in [4.78, 5) is 0. The molecule has 1 saturated carbocycles. The van der Waals surface area contributed by atoms with Gasteiger partial charge >= 0.3 is 0 Å². The van der Waals surface area contributed by atoms with E-state index in [9.17, 15) is 13.2 Å². The minimum absolute atomic E-state index is 0.112. The Labute approximate surface area is 151 Å². The monoisotopic (exact) mass is 358 g/mol. The third-order valence-electron chi connectivity index (χ3n) is 4.91. The minimum atomic E-state index is -1.49. The summed E-state index contributed by atoms with van der Waals surface area (Å²) in [5.41, 5.74) is 2.36. The second-order valence-corrected chi connectivity index (χ2v) is 6.91. The molecule has 2 aromatic rings. The SMILES string of the molecule is C[C@H]1CC[C@H](c2ccc(C=NN=Cc3cc(F)c(F)c(F)c3)cc2)CC1. The topological polar surface area (TPSA) is 24.7 Å². The Hall–Kier alpha value is -2.43. The molecule has 0 atom stereocenters. The third-order valence-corrected chi connectivity index (χ3v) is 4.91. The highest BCUT2D eigenvalue weighted by atomic mass is 19.2. The van der Waals surface area contributed by atoms with Crippen LogP contribution in [0.4, 0.5) is 13.2 Å². The van der Waals surface area contributed by atoms with E-state index in [-0.39, 0.29) is 5.56 Å². The average Bonchev–Trinajstić information content (AvgIpc) is 2.64. The maximum Gasteiger partial charge on any atom is 0.194 e. The predicted octanol–water partition coefficient (Wildman–Crippen LogP) is 5.85. The van der Waals surface area contributed by atoms with Crippen molar-refractivity contribution in [1.82, 2.24) is 0 Å². The largest absolute Gasteiger partial charge is 0.204 e. The fourth-order valence-corrected chi connectivity index (χ4v) is 3.30. The molecule has 0 bridgehead atoms. The van der Waals surface area contributed by atoms with Gasteiger partial charge in [0.2, 0.25) is 0 Å². The van der Waals surface area contributed by atoms with Crippen LogP contribution in [0.5, 0.6) is 0 Å². The molecule has 1 aliphatic rings. The quantitative estimate of drug-likeness (QED) is 0.372. The van der Waals surface area contributed by atoms with Gasteiger partial charge in [-0.25, -0.2) is 13.2 Å². The zero-order valence-corrected chi connectivity index (χ0v) is 14.6. The van der Waals surface area contributed by atoms with E-state index >= 15 is 0 Å². The smallest absolute Gasteiger partial charge is 0.194 e. The van der Waals surface area contributed by atoms with Crippen molar-refractivity contribution in [1.29, 1.82) is 0 Å². The summed E-state index contributed by atoms with van der Waals surface area (Å²) >= 11 is 0. The van der Waals surface area contributed by atoms with Gasteiger partial charge in [-0.2, -0.15) is 10.2 Å². The Morgan fingerprint density at radius 3 is 1.92 bits per heavy atom. The molecule has 1 aliphatic carbocycles. The van der Waals surface area contributed by atoms with E-state index in [0.717, 1.165) is 23.6 Å². The van der Waals surface area contributed by atoms with Gasteiger partial charge in [0, 0.05) is 5.56 Å². The normalized spacial score (nSPS) is 20.9. The fourth-order valence-electron chi connectivity index (χ4n) is 3.30. The van der Waals surface area contributed by atoms with Crippen LogP contribution < -0.4 is 0 Å². The molecule has 0 amide bonds. The maximum absolute atomic E-state index is 13.1. The average molecular weight is 358 g/mol. The van der Waals surface area contributed by atoms with E-state index in [1.165, 1.54) is 37.5 Å². The van der Waals surface area contributed by atoms with Gasteiger partial charge in [-0.1, -0.05) is 44.0 Å². The van der Waals surface area contributed by atoms with E-state index in [1.807, 2.05) is 12.1 Å². The summed E-state index contributed by atoms with van der Waals surface area (Å²) in [6, 6.07) is 9.97. The molecule has 0 N–H and O–H groups in total. The Morgan fingerprint density at radius 2 is 1.35 bits per heavy atom. The molecule has 1 fully saturated rings. The molecule has 0 aromatic heterocycles. The van der Waals surface area contributed by atoms with Crippen molar-refractivity contribution < 1.29 is 13.2 Å². The standard InChI is InChI=1S/C21H21F3N2/c1-14-2-6-17(7-3-14)18-8-4-15(5-9-18)12-25-26-13-16-10-19(22)21(24)20(23)11-16/h4-5,8-14,17H,2-3,6-7H2,1H3/t14-,17-. The van der Waals surface area contributed by atoms with Crippen molar-refractivity contribution in [2.75, 3.05) is 0 Å². The summed E-state index contributed by atoms with van der Waals surface area (Å²) in [7, 11) is 0. The zero-order chi connectivity index (χ0) is 18.5. The molecular formula is C21H21F3N2. The van der Waals surface area contributed by atoms with Crippen molar-refractivity contribution in [2.24, 2.45) is 16.1 Å². The maximum atomic E-state index is 13.1. The van der Waals surface area contributed by atoms with Crippen molar-refractivity contribution in [2.45, 2.75) is 38.5 Å². The minimum Gasteiger partial charge on any atom is -0.204 e. The van der Waals surface area contributed by atoms with Crippen LogP contribution in [0.25, 0.3) is 0 Å². The molecule has 136 valence electrons. The van der Waals surface area contributed by atoms with Gasteiger partial charge in [0.15, 0.2) is 17.5 Å². The van der Waals surface area contributed by atoms with E-state index in [0.29, 0.717) is 5.92 Å². The Bertz CT molecular complexity index is 782. The molecule has 0 saturated heterocycles. The van der Waals surface area contributed by atoms with E-state index < -0.39 is 17.5 Å². The Kier molecular flexibility index (Phi) is 5.86. The highest BCUT2D eigenvalue weighted by Gasteiger charge is 2.19. The van der Waals surface area contributed by atoms with Crippen molar-refractivity contribution in [3.63, 3.8) is 0 Å². The lowest BCUT2D eigenvalue weighted by Gasteiger charge is -2.26. The van der Waals surface area contributed by atoms with Gasteiger partial charge in [0.05, 0.1) is 12.4 Å². The van der Waals surface area contributed by atoms with Gasteiger partial charge in [0.1, 0.15) is 0 Å². The summed E-state index contributed by atoms with van der Waals surface area (Å²) in [6.45, 7) is 2.31. The van der Waals surface area contributed by atoms with Crippen LogP contribution in [0.1, 0.15) is 55.2 Å². The number of rotatable bonds is 4. The zero-order valence-electron chi connectivity index (χ0n) is 14.6. The first-order valence-corrected chi connectivity index (χ1v) is 8.84. The van der Waals surface area contributed by atoms with Gasteiger partial charge in [-0.3, -0.25) is 0 Å². The highest BCUT2D eigenvalue weighted by Crippen LogP contribution is 2.35. The first-order chi connectivity index (χ1) is 12.5.